The number of ketones is 1. The molecule has 1 unspecified atom stereocenters. The Morgan fingerprint density at radius 2 is 1.82 bits per heavy atom. The van der Waals surface area contributed by atoms with Gasteiger partial charge < -0.3 is 19.8 Å². The Morgan fingerprint density at radius 3 is 2.46 bits per heavy atom. The SMILES string of the molecule is COCCC(C(=O)Cc1ccc(C(N)=O)c(F)c1)n1cc(OC)c(-c2cc(Cl)ccc2-n2cnnc2)cc1=O. The number of hydrogen-bond donors (Lipinski definition) is 1. The van der Waals surface area contributed by atoms with E-state index in [2.05, 4.69) is 10.2 Å². The number of ether oxygens (including phenoxy) is 2. The van der Waals surface area contributed by atoms with Gasteiger partial charge in [0.2, 0.25) is 0 Å². The van der Waals surface area contributed by atoms with E-state index in [-0.39, 0.29) is 30.8 Å². The molecule has 0 saturated carbocycles. The number of Topliss-reactive ketones (excluding diaryl/α,β-unsaturated/α-hetero) is 1. The summed E-state index contributed by atoms with van der Waals surface area (Å²) < 4.78 is 28.0. The number of carbonyl (C=O) groups excluding carboxylic acids is 2. The lowest BCUT2D eigenvalue weighted by Gasteiger charge is -2.21. The summed E-state index contributed by atoms with van der Waals surface area (Å²) in [5.41, 5.74) is 6.46. The number of carbonyl (C=O) groups is 2. The molecule has 202 valence electrons. The molecule has 0 fully saturated rings. The molecule has 12 heteroatoms. The van der Waals surface area contributed by atoms with E-state index in [4.69, 9.17) is 26.8 Å². The van der Waals surface area contributed by atoms with Gasteiger partial charge in [-0.25, -0.2) is 4.39 Å². The van der Waals surface area contributed by atoms with Crippen LogP contribution < -0.4 is 16.0 Å². The van der Waals surface area contributed by atoms with Crippen LogP contribution in [0.1, 0.15) is 28.4 Å². The lowest BCUT2D eigenvalue weighted by molar-refractivity contribution is -0.122. The van der Waals surface area contributed by atoms with E-state index >= 15 is 0 Å². The first-order valence-corrected chi connectivity index (χ1v) is 12.2. The zero-order valence-electron chi connectivity index (χ0n) is 21.1. The van der Waals surface area contributed by atoms with Gasteiger partial charge >= 0.3 is 0 Å². The minimum Gasteiger partial charge on any atom is -0.495 e. The highest BCUT2D eigenvalue weighted by atomic mass is 35.5. The average Bonchev–Trinajstić information content (AvgIpc) is 3.44. The van der Waals surface area contributed by atoms with Gasteiger partial charge in [0.1, 0.15) is 24.2 Å². The Morgan fingerprint density at radius 1 is 1.08 bits per heavy atom. The number of amides is 1. The van der Waals surface area contributed by atoms with Crippen molar-refractivity contribution in [3.63, 3.8) is 0 Å². The summed E-state index contributed by atoms with van der Waals surface area (Å²) in [5.74, 6) is -1.77. The number of aromatic nitrogens is 4. The molecule has 2 aromatic carbocycles. The fourth-order valence-electron chi connectivity index (χ4n) is 4.29. The van der Waals surface area contributed by atoms with Gasteiger partial charge in [0.05, 0.1) is 30.6 Å². The van der Waals surface area contributed by atoms with Crippen LogP contribution in [0.4, 0.5) is 4.39 Å². The van der Waals surface area contributed by atoms with Crippen molar-refractivity contribution in [3.05, 3.63) is 93.6 Å². The second kappa shape index (κ2) is 12.0. The Kier molecular flexibility index (Phi) is 8.52. The maximum atomic E-state index is 14.3. The van der Waals surface area contributed by atoms with Crippen LogP contribution in [0.3, 0.4) is 0 Å². The molecule has 2 N–H and O–H groups in total. The van der Waals surface area contributed by atoms with Gasteiger partial charge in [-0.3, -0.25) is 19.0 Å². The Bertz CT molecular complexity index is 1570. The van der Waals surface area contributed by atoms with Crippen LogP contribution in [0.2, 0.25) is 5.02 Å². The summed E-state index contributed by atoms with van der Waals surface area (Å²) in [6.45, 7) is 0.188. The lowest BCUT2D eigenvalue weighted by atomic mass is 9.99. The van der Waals surface area contributed by atoms with Crippen LogP contribution in [0.5, 0.6) is 5.75 Å². The van der Waals surface area contributed by atoms with Crippen LogP contribution >= 0.6 is 11.6 Å². The minimum absolute atomic E-state index is 0.183. The monoisotopic (exact) mass is 553 g/mol. The second-order valence-corrected chi connectivity index (χ2v) is 9.09. The van der Waals surface area contributed by atoms with Crippen molar-refractivity contribution in [2.45, 2.75) is 18.9 Å². The topological polar surface area (TPSA) is 131 Å². The number of methoxy groups -OCH3 is 2. The molecule has 10 nitrogen and oxygen atoms in total. The van der Waals surface area contributed by atoms with Crippen molar-refractivity contribution in [1.82, 2.24) is 19.3 Å². The van der Waals surface area contributed by atoms with Crippen LogP contribution in [0.25, 0.3) is 16.8 Å². The molecule has 0 bridgehead atoms. The largest absolute Gasteiger partial charge is 0.495 e. The Hall–Kier alpha value is -4.35. The maximum Gasteiger partial charge on any atom is 0.252 e. The smallest absolute Gasteiger partial charge is 0.252 e. The third kappa shape index (κ3) is 6.05. The van der Waals surface area contributed by atoms with Crippen molar-refractivity contribution < 1.29 is 23.5 Å². The zero-order valence-corrected chi connectivity index (χ0v) is 21.9. The van der Waals surface area contributed by atoms with E-state index < -0.39 is 23.3 Å². The van der Waals surface area contributed by atoms with Crippen LogP contribution in [-0.4, -0.2) is 51.8 Å². The van der Waals surface area contributed by atoms with Gasteiger partial charge in [-0.1, -0.05) is 17.7 Å². The van der Waals surface area contributed by atoms with E-state index in [9.17, 15) is 18.8 Å². The van der Waals surface area contributed by atoms with Crippen LogP contribution in [0, 0.1) is 5.82 Å². The molecule has 2 heterocycles. The third-order valence-electron chi connectivity index (χ3n) is 6.19. The second-order valence-electron chi connectivity index (χ2n) is 8.65. The summed E-state index contributed by atoms with van der Waals surface area (Å²) in [6, 6.07) is 9.36. The number of primary amides is 1. The van der Waals surface area contributed by atoms with E-state index in [1.807, 2.05) is 0 Å². The first-order valence-electron chi connectivity index (χ1n) is 11.8. The third-order valence-corrected chi connectivity index (χ3v) is 6.42. The average molecular weight is 554 g/mol. The summed E-state index contributed by atoms with van der Waals surface area (Å²) in [5, 5.41) is 8.12. The standard InChI is InChI=1S/C27H25ClFN5O5/c1-38-8-7-23(24(35)10-16-3-5-18(27(30)37)21(29)9-16)34-13-25(39-2)20(12-26(34)36)19-11-17(28)4-6-22(19)33-14-31-32-15-33/h3-6,9,11-15,23H,7-8,10H2,1-2H3,(H2,30,37). The quantitative estimate of drug-likeness (QED) is 0.301. The van der Waals surface area contributed by atoms with Gasteiger partial charge in [0, 0.05) is 42.4 Å². The highest BCUT2D eigenvalue weighted by Crippen LogP contribution is 2.35. The number of nitrogens with two attached hydrogens (primary N) is 1. The molecular weight excluding hydrogens is 529 g/mol. The van der Waals surface area contributed by atoms with Gasteiger partial charge in [-0.2, -0.15) is 0 Å². The maximum absolute atomic E-state index is 14.3. The summed E-state index contributed by atoms with van der Waals surface area (Å²) >= 11 is 6.28. The number of nitrogens with zero attached hydrogens (tertiary/aromatic N) is 4. The highest BCUT2D eigenvalue weighted by Gasteiger charge is 2.25. The predicted molar refractivity (Wildman–Crippen MR) is 142 cm³/mol. The van der Waals surface area contributed by atoms with E-state index in [0.717, 1.165) is 6.07 Å². The summed E-state index contributed by atoms with van der Waals surface area (Å²) in [6.07, 6.45) is 4.48. The molecule has 0 aliphatic heterocycles. The minimum atomic E-state index is -0.934. The number of benzene rings is 2. The molecule has 0 spiro atoms. The molecule has 4 rings (SSSR count). The molecule has 39 heavy (non-hydrogen) atoms. The summed E-state index contributed by atoms with van der Waals surface area (Å²) in [7, 11) is 2.93. The Balaban J connectivity index is 1.75. The predicted octanol–water partition coefficient (Wildman–Crippen LogP) is 3.39. The first-order chi connectivity index (χ1) is 18.7. The molecular formula is C27H25ClFN5O5. The van der Waals surface area contributed by atoms with Crippen molar-refractivity contribution >= 4 is 23.3 Å². The van der Waals surface area contributed by atoms with Gasteiger partial charge in [0.25, 0.3) is 11.5 Å². The highest BCUT2D eigenvalue weighted by molar-refractivity contribution is 6.31. The molecule has 0 saturated heterocycles. The van der Waals surface area contributed by atoms with Crippen molar-refractivity contribution in [1.29, 1.82) is 0 Å². The fourth-order valence-corrected chi connectivity index (χ4v) is 4.46. The molecule has 1 amide bonds. The molecule has 1 atom stereocenters. The Labute approximate surface area is 227 Å². The lowest BCUT2D eigenvalue weighted by Crippen LogP contribution is -2.31. The van der Waals surface area contributed by atoms with E-state index in [1.54, 1.807) is 22.8 Å². The van der Waals surface area contributed by atoms with Gasteiger partial charge in [-0.05, 0) is 42.3 Å². The van der Waals surface area contributed by atoms with Crippen molar-refractivity contribution in [2.24, 2.45) is 5.73 Å². The van der Waals surface area contributed by atoms with Crippen LogP contribution in [-0.2, 0) is 16.0 Å². The molecule has 0 radical (unpaired) electrons. The molecule has 0 aliphatic rings. The number of rotatable bonds is 11. The number of hydrogen-bond acceptors (Lipinski definition) is 7. The zero-order chi connectivity index (χ0) is 28.1. The molecule has 0 aliphatic carbocycles. The van der Waals surface area contributed by atoms with Gasteiger partial charge in [0.15, 0.2) is 5.78 Å². The van der Waals surface area contributed by atoms with Crippen molar-refractivity contribution in [3.8, 4) is 22.6 Å². The number of pyridine rings is 1. The van der Waals surface area contributed by atoms with Crippen LogP contribution in [0.15, 0.2) is 66.1 Å². The van der Waals surface area contributed by atoms with E-state index in [1.165, 1.54) is 55.8 Å². The van der Waals surface area contributed by atoms with Crippen molar-refractivity contribution in [2.75, 3.05) is 20.8 Å². The van der Waals surface area contributed by atoms with Gasteiger partial charge in [-0.15, -0.1) is 10.2 Å². The molecule has 4 aromatic rings. The number of halogens is 2. The molecule has 2 aromatic heterocycles. The van der Waals surface area contributed by atoms with E-state index in [0.29, 0.717) is 33.1 Å². The summed E-state index contributed by atoms with van der Waals surface area (Å²) in [4.78, 5) is 38.2. The first kappa shape index (κ1) is 27.7. The normalized spacial score (nSPS) is 11.8. The fraction of sp³-hybridized carbons (Fsp3) is 0.222.